The minimum Gasteiger partial charge on any atom is -0.443 e. The molecule has 1 aliphatic heterocycles. The van der Waals surface area contributed by atoms with Gasteiger partial charge >= 0.3 is 6.09 Å². The zero-order valence-electron chi connectivity index (χ0n) is 13.3. The van der Waals surface area contributed by atoms with Gasteiger partial charge < -0.3 is 16.2 Å². The van der Waals surface area contributed by atoms with Gasteiger partial charge in [0.1, 0.15) is 18.1 Å². The number of carbonyl (C=O) groups is 2. The van der Waals surface area contributed by atoms with Gasteiger partial charge in [0.2, 0.25) is 0 Å². The van der Waals surface area contributed by atoms with Crippen molar-refractivity contribution in [2.45, 2.75) is 51.7 Å². The van der Waals surface area contributed by atoms with Gasteiger partial charge in [-0.25, -0.2) is 4.79 Å². The fourth-order valence-electron chi connectivity index (χ4n) is 1.89. The predicted molar refractivity (Wildman–Crippen MR) is 87.7 cm³/mol. The van der Waals surface area contributed by atoms with Crippen LogP contribution >= 0.6 is 16.1 Å². The molecule has 1 heterocycles. The van der Waals surface area contributed by atoms with Gasteiger partial charge in [0.25, 0.3) is 0 Å². The van der Waals surface area contributed by atoms with Crippen molar-refractivity contribution in [1.29, 1.82) is 0 Å². The predicted octanol–water partition coefficient (Wildman–Crippen LogP) is 1.67. The number of halogens is 1. The Morgan fingerprint density at radius 1 is 1.45 bits per heavy atom. The smallest absolute Gasteiger partial charge is 0.415 e. The number of amides is 1. The Labute approximate surface area is 140 Å². The summed E-state index contributed by atoms with van der Waals surface area (Å²) in [4.78, 5) is 25.3. The molecule has 7 nitrogen and oxygen atoms in total. The van der Waals surface area contributed by atoms with Crippen molar-refractivity contribution in [2.24, 2.45) is 11.5 Å². The SMILES string of the molecule is CC(C)(C)OC(=O)N1C=C(C[C@H](N)C(=O)CCCN)N(Br)C1. The summed E-state index contributed by atoms with van der Waals surface area (Å²) in [5, 5.41) is 0. The average molecular weight is 377 g/mol. The molecule has 0 radical (unpaired) electrons. The molecular formula is C14H25BrN4O3. The first-order valence-electron chi connectivity index (χ1n) is 7.26. The standard InChI is InChI=1S/C14H25BrN4O3/c1-14(2,3)22-13(21)18-8-10(19(15)9-18)7-11(17)12(20)5-4-6-16/h8,11H,4-7,9,16-17H2,1-3H3/t11-/m0/s1. The van der Waals surface area contributed by atoms with Gasteiger partial charge in [-0.3, -0.25) is 13.6 Å². The second-order valence-corrected chi connectivity index (χ2v) is 7.10. The molecule has 4 N–H and O–H groups in total. The van der Waals surface area contributed by atoms with Gasteiger partial charge in [0.15, 0.2) is 0 Å². The van der Waals surface area contributed by atoms with E-state index in [1.54, 1.807) is 10.1 Å². The van der Waals surface area contributed by atoms with Crippen LogP contribution in [0.1, 0.15) is 40.0 Å². The summed E-state index contributed by atoms with van der Waals surface area (Å²) in [6, 6.07) is -0.601. The summed E-state index contributed by atoms with van der Waals surface area (Å²) < 4.78 is 7.01. The molecule has 0 fully saturated rings. The molecule has 0 bridgehead atoms. The number of rotatable bonds is 6. The van der Waals surface area contributed by atoms with Crippen LogP contribution in [0.25, 0.3) is 0 Å². The summed E-state index contributed by atoms with van der Waals surface area (Å²) in [6.45, 7) is 6.21. The van der Waals surface area contributed by atoms with E-state index in [0.29, 0.717) is 32.5 Å². The Morgan fingerprint density at radius 2 is 2.09 bits per heavy atom. The minimum absolute atomic E-state index is 0.0250. The fraction of sp³-hybridized carbons (Fsp3) is 0.714. The summed E-state index contributed by atoms with van der Waals surface area (Å²) >= 11 is 3.35. The van der Waals surface area contributed by atoms with Crippen molar-refractivity contribution in [3.8, 4) is 0 Å². The Kier molecular flexibility index (Phi) is 6.83. The molecule has 1 rings (SSSR count). The first-order chi connectivity index (χ1) is 10.1. The quantitative estimate of drug-likeness (QED) is 0.683. The van der Waals surface area contributed by atoms with Gasteiger partial charge in [0.05, 0.1) is 22.2 Å². The fourth-order valence-corrected chi connectivity index (χ4v) is 2.37. The highest BCUT2D eigenvalue weighted by Crippen LogP contribution is 2.25. The third kappa shape index (κ3) is 5.94. The highest BCUT2D eigenvalue weighted by molar-refractivity contribution is 9.07. The Bertz CT molecular complexity index is 448. The maximum Gasteiger partial charge on any atom is 0.415 e. The van der Waals surface area contributed by atoms with Crippen molar-refractivity contribution in [1.82, 2.24) is 8.83 Å². The van der Waals surface area contributed by atoms with Gasteiger partial charge in [-0.2, -0.15) is 0 Å². The first-order valence-corrected chi connectivity index (χ1v) is 7.97. The summed E-state index contributed by atoms with van der Waals surface area (Å²) in [7, 11) is 0. The number of hydrogen-bond donors (Lipinski definition) is 2. The maximum atomic E-state index is 12.0. The Morgan fingerprint density at radius 3 is 2.64 bits per heavy atom. The van der Waals surface area contributed by atoms with E-state index in [4.69, 9.17) is 16.2 Å². The molecule has 0 aliphatic carbocycles. The van der Waals surface area contributed by atoms with Crippen molar-refractivity contribution in [2.75, 3.05) is 13.2 Å². The number of nitrogens with zero attached hydrogens (tertiary/aromatic N) is 2. The van der Waals surface area contributed by atoms with Crippen LogP contribution in [-0.4, -0.2) is 45.6 Å². The lowest BCUT2D eigenvalue weighted by molar-refractivity contribution is -0.120. The van der Waals surface area contributed by atoms with Crippen LogP contribution in [0.5, 0.6) is 0 Å². The molecular weight excluding hydrogens is 352 g/mol. The molecule has 1 aliphatic rings. The summed E-state index contributed by atoms with van der Waals surface area (Å²) in [5.41, 5.74) is 11.5. The third-order valence-corrected chi connectivity index (χ3v) is 3.67. The van der Waals surface area contributed by atoms with Crippen LogP contribution in [0.3, 0.4) is 0 Å². The number of carbonyl (C=O) groups excluding carboxylic acids is 2. The largest absolute Gasteiger partial charge is 0.443 e. The lowest BCUT2D eigenvalue weighted by Crippen LogP contribution is -2.34. The van der Waals surface area contributed by atoms with Crippen LogP contribution in [-0.2, 0) is 9.53 Å². The van der Waals surface area contributed by atoms with Crippen LogP contribution in [0.2, 0.25) is 0 Å². The van der Waals surface area contributed by atoms with Crippen molar-refractivity contribution < 1.29 is 14.3 Å². The highest BCUT2D eigenvalue weighted by Gasteiger charge is 2.29. The zero-order chi connectivity index (χ0) is 16.9. The summed E-state index contributed by atoms with van der Waals surface area (Å²) in [6.07, 6.45) is 2.58. The number of Topliss-reactive ketones (excluding diaryl/α,β-unsaturated/α-hetero) is 1. The van der Waals surface area contributed by atoms with Crippen LogP contribution in [0.15, 0.2) is 11.9 Å². The minimum atomic E-state index is -0.601. The normalized spacial score (nSPS) is 16.5. The zero-order valence-corrected chi connectivity index (χ0v) is 14.9. The number of ketones is 1. The third-order valence-electron chi connectivity index (χ3n) is 2.99. The molecule has 0 aromatic rings. The molecule has 0 aromatic carbocycles. The molecule has 22 heavy (non-hydrogen) atoms. The van der Waals surface area contributed by atoms with Crippen LogP contribution in [0.4, 0.5) is 4.79 Å². The molecule has 0 aromatic heterocycles. The number of ether oxygens (including phenoxy) is 1. The average Bonchev–Trinajstić information content (AvgIpc) is 2.75. The lowest BCUT2D eigenvalue weighted by atomic mass is 10.0. The molecule has 1 amide bonds. The van der Waals surface area contributed by atoms with Gasteiger partial charge in [0, 0.05) is 24.7 Å². The van der Waals surface area contributed by atoms with Gasteiger partial charge in [-0.1, -0.05) is 0 Å². The molecule has 0 unspecified atom stereocenters. The Balaban J connectivity index is 2.61. The molecule has 0 spiro atoms. The monoisotopic (exact) mass is 376 g/mol. The van der Waals surface area contributed by atoms with Crippen molar-refractivity contribution in [3.63, 3.8) is 0 Å². The maximum absolute atomic E-state index is 12.0. The van der Waals surface area contributed by atoms with Crippen LogP contribution in [0, 0.1) is 0 Å². The van der Waals surface area contributed by atoms with E-state index < -0.39 is 17.7 Å². The molecule has 8 heteroatoms. The second kappa shape index (κ2) is 7.94. The molecule has 126 valence electrons. The topological polar surface area (TPSA) is 102 Å². The summed E-state index contributed by atoms with van der Waals surface area (Å²) in [5.74, 6) is -0.0250. The van der Waals surface area contributed by atoms with E-state index in [1.165, 1.54) is 4.90 Å². The second-order valence-electron chi connectivity index (χ2n) is 6.24. The van der Waals surface area contributed by atoms with E-state index >= 15 is 0 Å². The van der Waals surface area contributed by atoms with Crippen LogP contribution < -0.4 is 11.5 Å². The van der Waals surface area contributed by atoms with Gasteiger partial charge in [-0.15, -0.1) is 0 Å². The van der Waals surface area contributed by atoms with E-state index in [-0.39, 0.29) is 5.78 Å². The molecule has 0 saturated carbocycles. The molecule has 1 atom stereocenters. The van der Waals surface area contributed by atoms with E-state index in [0.717, 1.165) is 5.70 Å². The number of nitrogens with two attached hydrogens (primary N) is 2. The first kappa shape index (κ1) is 18.9. The highest BCUT2D eigenvalue weighted by atomic mass is 79.9. The van der Waals surface area contributed by atoms with Crippen molar-refractivity contribution >= 4 is 28.0 Å². The lowest BCUT2D eigenvalue weighted by Gasteiger charge is -2.23. The molecule has 0 saturated heterocycles. The van der Waals surface area contributed by atoms with Crippen molar-refractivity contribution in [3.05, 3.63) is 11.9 Å². The van der Waals surface area contributed by atoms with E-state index in [2.05, 4.69) is 16.1 Å². The van der Waals surface area contributed by atoms with E-state index in [9.17, 15) is 9.59 Å². The van der Waals surface area contributed by atoms with E-state index in [1.807, 2.05) is 20.8 Å². The van der Waals surface area contributed by atoms with Gasteiger partial charge in [-0.05, 0) is 33.7 Å². The number of hydrogen-bond acceptors (Lipinski definition) is 6. The Hall–Kier alpha value is -1.12.